The number of hydrogen-bond donors (Lipinski definition) is 1. The average molecular weight is 349 g/mol. The van der Waals surface area contributed by atoms with Crippen molar-refractivity contribution < 1.29 is 13.6 Å². The average Bonchev–Trinajstić information content (AvgIpc) is 2.58. The predicted octanol–water partition coefficient (Wildman–Crippen LogP) is 5.60. The summed E-state index contributed by atoms with van der Waals surface area (Å²) in [7, 11) is 0. The molecule has 0 radical (unpaired) electrons. The number of thioether (sulfide) groups is 1. The lowest BCUT2D eigenvalue weighted by molar-refractivity contribution is -0.115. The Bertz CT molecular complexity index is 720. The molecule has 2 rings (SSSR count). The number of anilines is 1. The second kappa shape index (κ2) is 8.29. The number of benzene rings is 2. The Balaban J connectivity index is 2.08. The summed E-state index contributed by atoms with van der Waals surface area (Å²) >= 11 is 1.20. The van der Waals surface area contributed by atoms with Crippen LogP contribution < -0.4 is 5.32 Å². The number of rotatable bonds is 6. The Labute approximate surface area is 145 Å². The normalized spacial score (nSPS) is 13.4. The van der Waals surface area contributed by atoms with E-state index in [9.17, 15) is 13.6 Å². The summed E-state index contributed by atoms with van der Waals surface area (Å²) < 4.78 is 26.2. The maximum absolute atomic E-state index is 13.3. The molecule has 0 aromatic heterocycles. The van der Waals surface area contributed by atoms with Crippen molar-refractivity contribution in [3.05, 3.63) is 59.7 Å². The van der Waals surface area contributed by atoms with E-state index in [1.807, 2.05) is 24.3 Å². The van der Waals surface area contributed by atoms with Crippen LogP contribution in [0, 0.1) is 11.6 Å². The van der Waals surface area contributed by atoms with Crippen molar-refractivity contribution in [1.82, 2.24) is 0 Å². The summed E-state index contributed by atoms with van der Waals surface area (Å²) in [4.78, 5) is 13.0. The van der Waals surface area contributed by atoms with Gasteiger partial charge in [-0.05, 0) is 49.1 Å². The van der Waals surface area contributed by atoms with Crippen molar-refractivity contribution in [2.45, 2.75) is 43.3 Å². The molecule has 0 spiro atoms. The van der Waals surface area contributed by atoms with Crippen LogP contribution in [0.2, 0.25) is 0 Å². The topological polar surface area (TPSA) is 29.1 Å². The van der Waals surface area contributed by atoms with Crippen LogP contribution in [0.3, 0.4) is 0 Å². The third-order valence-electron chi connectivity index (χ3n) is 3.94. The molecule has 128 valence electrons. The van der Waals surface area contributed by atoms with Crippen molar-refractivity contribution in [2.24, 2.45) is 0 Å². The van der Waals surface area contributed by atoms with Gasteiger partial charge in [-0.2, -0.15) is 0 Å². The van der Waals surface area contributed by atoms with Gasteiger partial charge in [-0.1, -0.05) is 32.0 Å². The Morgan fingerprint density at radius 2 is 1.83 bits per heavy atom. The molecule has 0 aliphatic carbocycles. The third-order valence-corrected chi connectivity index (χ3v) is 5.03. The maximum atomic E-state index is 13.3. The number of amides is 1. The Morgan fingerprint density at radius 3 is 2.50 bits per heavy atom. The van der Waals surface area contributed by atoms with E-state index in [2.05, 4.69) is 19.2 Å². The molecule has 0 fully saturated rings. The largest absolute Gasteiger partial charge is 0.325 e. The first-order valence-electron chi connectivity index (χ1n) is 7.93. The molecule has 0 aliphatic rings. The summed E-state index contributed by atoms with van der Waals surface area (Å²) in [5.74, 6) is -1.62. The number of hydrogen-bond acceptors (Lipinski definition) is 2. The molecular weight excluding hydrogens is 328 g/mol. The zero-order valence-corrected chi connectivity index (χ0v) is 14.8. The van der Waals surface area contributed by atoms with Crippen LogP contribution in [0.25, 0.3) is 0 Å². The van der Waals surface area contributed by atoms with Gasteiger partial charge in [0.1, 0.15) is 0 Å². The molecule has 2 aromatic carbocycles. The monoisotopic (exact) mass is 349 g/mol. The Morgan fingerprint density at radius 1 is 1.12 bits per heavy atom. The van der Waals surface area contributed by atoms with Gasteiger partial charge in [0.25, 0.3) is 0 Å². The van der Waals surface area contributed by atoms with Crippen LogP contribution in [-0.2, 0) is 4.79 Å². The van der Waals surface area contributed by atoms with Crippen LogP contribution in [-0.4, -0.2) is 11.2 Å². The molecule has 2 unspecified atom stereocenters. The minimum atomic E-state index is -0.908. The molecule has 1 amide bonds. The van der Waals surface area contributed by atoms with Crippen molar-refractivity contribution >= 4 is 23.4 Å². The molecule has 0 saturated heterocycles. The molecular formula is C19H21F2NOS. The fraction of sp³-hybridized carbons (Fsp3) is 0.316. The highest BCUT2D eigenvalue weighted by molar-refractivity contribution is 8.00. The summed E-state index contributed by atoms with van der Waals surface area (Å²) in [6.07, 6.45) is 0.978. The molecule has 0 aliphatic heterocycles. The van der Waals surface area contributed by atoms with Crippen LogP contribution in [0.4, 0.5) is 14.5 Å². The first kappa shape index (κ1) is 18.5. The summed E-state index contributed by atoms with van der Waals surface area (Å²) in [6, 6.07) is 11.4. The zero-order chi connectivity index (χ0) is 17.7. The molecule has 2 atom stereocenters. The summed E-state index contributed by atoms with van der Waals surface area (Å²) in [6.45, 7) is 5.96. The van der Waals surface area contributed by atoms with Crippen LogP contribution in [0.5, 0.6) is 0 Å². The fourth-order valence-electron chi connectivity index (χ4n) is 2.30. The maximum Gasteiger partial charge on any atom is 0.237 e. The van der Waals surface area contributed by atoms with Gasteiger partial charge in [-0.25, -0.2) is 8.78 Å². The molecule has 5 heteroatoms. The van der Waals surface area contributed by atoms with Crippen molar-refractivity contribution in [2.75, 3.05) is 5.32 Å². The lowest BCUT2D eigenvalue weighted by Gasteiger charge is -2.17. The highest BCUT2D eigenvalue weighted by atomic mass is 32.2. The molecule has 0 saturated carbocycles. The van der Waals surface area contributed by atoms with Gasteiger partial charge in [-0.15, -0.1) is 11.8 Å². The quantitative estimate of drug-likeness (QED) is 0.688. The van der Waals surface area contributed by atoms with E-state index in [0.29, 0.717) is 10.8 Å². The SMILES string of the molecule is CCC(C)c1ccccc1NC(=O)C(C)Sc1ccc(F)c(F)c1. The van der Waals surface area contributed by atoms with E-state index < -0.39 is 16.9 Å². The molecule has 0 bridgehead atoms. The standard InChI is InChI=1S/C19H21F2NOS/c1-4-12(2)15-7-5-6-8-18(15)22-19(23)13(3)24-14-9-10-16(20)17(21)11-14/h5-13H,4H2,1-3H3,(H,22,23). The van der Waals surface area contributed by atoms with Gasteiger partial charge < -0.3 is 5.32 Å². The molecule has 2 aromatic rings. The van der Waals surface area contributed by atoms with E-state index in [1.165, 1.54) is 17.8 Å². The van der Waals surface area contributed by atoms with Gasteiger partial charge in [0.15, 0.2) is 11.6 Å². The van der Waals surface area contributed by atoms with Crippen LogP contribution >= 0.6 is 11.8 Å². The second-order valence-corrected chi connectivity index (χ2v) is 7.14. The van der Waals surface area contributed by atoms with E-state index in [0.717, 1.165) is 29.8 Å². The minimum Gasteiger partial charge on any atom is -0.325 e. The van der Waals surface area contributed by atoms with Gasteiger partial charge in [0, 0.05) is 10.6 Å². The van der Waals surface area contributed by atoms with Crippen molar-refractivity contribution in [1.29, 1.82) is 0 Å². The van der Waals surface area contributed by atoms with E-state index in [1.54, 1.807) is 6.92 Å². The zero-order valence-electron chi connectivity index (χ0n) is 14.0. The first-order chi connectivity index (χ1) is 11.4. The molecule has 1 N–H and O–H groups in total. The number of para-hydroxylation sites is 1. The smallest absolute Gasteiger partial charge is 0.237 e. The highest BCUT2D eigenvalue weighted by Gasteiger charge is 2.18. The fourth-order valence-corrected chi connectivity index (χ4v) is 3.19. The van der Waals surface area contributed by atoms with Crippen LogP contribution in [0.1, 0.15) is 38.7 Å². The summed E-state index contributed by atoms with van der Waals surface area (Å²) in [5.41, 5.74) is 1.90. The number of nitrogens with one attached hydrogen (secondary N) is 1. The molecule has 0 heterocycles. The predicted molar refractivity (Wildman–Crippen MR) is 95.5 cm³/mol. The highest BCUT2D eigenvalue weighted by Crippen LogP contribution is 2.29. The Hall–Kier alpha value is -1.88. The van der Waals surface area contributed by atoms with Crippen molar-refractivity contribution in [3.63, 3.8) is 0 Å². The number of carbonyl (C=O) groups is 1. The van der Waals surface area contributed by atoms with Crippen molar-refractivity contribution in [3.8, 4) is 0 Å². The number of carbonyl (C=O) groups excluding carboxylic acids is 1. The Kier molecular flexibility index (Phi) is 6.37. The minimum absolute atomic E-state index is 0.166. The lowest BCUT2D eigenvalue weighted by Crippen LogP contribution is -2.23. The van der Waals surface area contributed by atoms with E-state index in [-0.39, 0.29) is 5.91 Å². The lowest BCUT2D eigenvalue weighted by atomic mass is 9.97. The van der Waals surface area contributed by atoms with Gasteiger partial charge in [-0.3, -0.25) is 4.79 Å². The second-order valence-electron chi connectivity index (χ2n) is 5.72. The summed E-state index contributed by atoms with van der Waals surface area (Å²) in [5, 5.41) is 2.51. The third kappa shape index (κ3) is 4.57. The van der Waals surface area contributed by atoms with Gasteiger partial charge >= 0.3 is 0 Å². The van der Waals surface area contributed by atoms with Gasteiger partial charge in [0.2, 0.25) is 5.91 Å². The van der Waals surface area contributed by atoms with Gasteiger partial charge in [0.05, 0.1) is 5.25 Å². The number of halogens is 2. The van der Waals surface area contributed by atoms with E-state index >= 15 is 0 Å². The van der Waals surface area contributed by atoms with E-state index in [4.69, 9.17) is 0 Å². The molecule has 24 heavy (non-hydrogen) atoms. The van der Waals surface area contributed by atoms with Crippen LogP contribution in [0.15, 0.2) is 47.4 Å². The first-order valence-corrected chi connectivity index (χ1v) is 8.81. The molecule has 2 nitrogen and oxygen atoms in total.